The maximum Gasteiger partial charge on any atom is 0.261 e. The summed E-state index contributed by atoms with van der Waals surface area (Å²) in [6, 6.07) is 13.8. The summed E-state index contributed by atoms with van der Waals surface area (Å²) in [7, 11) is -3.67. The van der Waals surface area contributed by atoms with Crippen molar-refractivity contribution in [2.24, 2.45) is 0 Å². The molecular weight excluding hydrogens is 276 g/mol. The lowest BCUT2D eigenvalue weighted by molar-refractivity contribution is 0.475. The molecule has 0 aromatic heterocycles. The van der Waals surface area contributed by atoms with Gasteiger partial charge in [0.25, 0.3) is 10.0 Å². The van der Waals surface area contributed by atoms with Crippen molar-refractivity contribution in [3.05, 3.63) is 54.1 Å². The summed E-state index contributed by atoms with van der Waals surface area (Å²) in [6.07, 6.45) is 0.242. The van der Waals surface area contributed by atoms with Crippen LogP contribution in [0, 0.1) is 11.3 Å². The van der Waals surface area contributed by atoms with Crippen LogP contribution in [-0.4, -0.2) is 13.5 Å². The van der Waals surface area contributed by atoms with Gasteiger partial charge in [0.05, 0.1) is 17.4 Å². The first-order valence-corrected chi connectivity index (χ1v) is 7.27. The SMILES string of the molecule is N#CCc1ccc(S(=O)(=O)Nc2ccc(O)cc2)cc1. The van der Waals surface area contributed by atoms with Gasteiger partial charge in [0.15, 0.2) is 0 Å². The van der Waals surface area contributed by atoms with Crippen LogP contribution >= 0.6 is 0 Å². The molecule has 0 heterocycles. The van der Waals surface area contributed by atoms with E-state index in [1.165, 1.54) is 36.4 Å². The molecule has 0 saturated carbocycles. The zero-order valence-electron chi connectivity index (χ0n) is 10.4. The van der Waals surface area contributed by atoms with Crippen LogP contribution in [0.3, 0.4) is 0 Å². The molecule has 0 saturated heterocycles. The smallest absolute Gasteiger partial charge is 0.261 e. The molecule has 0 unspecified atom stereocenters. The number of benzene rings is 2. The van der Waals surface area contributed by atoms with Gasteiger partial charge < -0.3 is 5.11 Å². The minimum atomic E-state index is -3.67. The van der Waals surface area contributed by atoms with E-state index in [1.54, 1.807) is 12.1 Å². The van der Waals surface area contributed by atoms with Crippen LogP contribution in [0.1, 0.15) is 5.56 Å². The number of hydrogen-bond acceptors (Lipinski definition) is 4. The standard InChI is InChI=1S/C14H12N2O3S/c15-10-9-11-1-7-14(8-2-11)20(18,19)16-12-3-5-13(17)6-4-12/h1-8,16-17H,9H2. The second kappa shape index (κ2) is 5.63. The van der Waals surface area contributed by atoms with Gasteiger partial charge in [-0.25, -0.2) is 8.42 Å². The first-order chi connectivity index (χ1) is 9.51. The van der Waals surface area contributed by atoms with Gasteiger partial charge in [-0.15, -0.1) is 0 Å². The minimum absolute atomic E-state index is 0.0637. The van der Waals surface area contributed by atoms with Crippen molar-refractivity contribution in [1.29, 1.82) is 5.26 Å². The van der Waals surface area contributed by atoms with E-state index < -0.39 is 10.0 Å². The number of nitrogens with one attached hydrogen (secondary N) is 1. The quantitative estimate of drug-likeness (QED) is 0.844. The third kappa shape index (κ3) is 3.28. The molecule has 102 valence electrons. The number of nitriles is 1. The van der Waals surface area contributed by atoms with Gasteiger partial charge in [-0.1, -0.05) is 12.1 Å². The Labute approximate surface area is 117 Å². The molecule has 0 spiro atoms. The van der Waals surface area contributed by atoms with E-state index >= 15 is 0 Å². The predicted octanol–water partition coefficient (Wildman–Crippen LogP) is 2.26. The highest BCUT2D eigenvalue weighted by molar-refractivity contribution is 7.92. The maximum atomic E-state index is 12.1. The first-order valence-electron chi connectivity index (χ1n) is 5.79. The molecule has 0 fully saturated rings. The summed E-state index contributed by atoms with van der Waals surface area (Å²) in [5.41, 5.74) is 1.12. The molecule has 0 aliphatic heterocycles. The Morgan fingerprint density at radius 3 is 2.20 bits per heavy atom. The fourth-order valence-electron chi connectivity index (χ4n) is 1.62. The number of hydrogen-bond donors (Lipinski definition) is 2. The van der Waals surface area contributed by atoms with E-state index in [2.05, 4.69) is 4.72 Å². The number of phenolic OH excluding ortho intramolecular Hbond substituents is 1. The van der Waals surface area contributed by atoms with E-state index in [0.717, 1.165) is 5.56 Å². The number of anilines is 1. The third-order valence-corrected chi connectivity index (χ3v) is 4.03. The van der Waals surface area contributed by atoms with E-state index in [9.17, 15) is 8.42 Å². The van der Waals surface area contributed by atoms with Crippen LogP contribution in [0.15, 0.2) is 53.4 Å². The molecule has 0 radical (unpaired) electrons. The molecule has 6 heteroatoms. The lowest BCUT2D eigenvalue weighted by atomic mass is 10.2. The normalized spacial score (nSPS) is 10.8. The largest absolute Gasteiger partial charge is 0.508 e. The Hall–Kier alpha value is -2.52. The molecule has 20 heavy (non-hydrogen) atoms. The predicted molar refractivity (Wildman–Crippen MR) is 74.7 cm³/mol. The van der Waals surface area contributed by atoms with Crippen LogP contribution in [0.25, 0.3) is 0 Å². The Morgan fingerprint density at radius 1 is 1.05 bits per heavy atom. The van der Waals surface area contributed by atoms with Gasteiger partial charge in [0, 0.05) is 5.69 Å². The molecule has 0 aliphatic carbocycles. The van der Waals surface area contributed by atoms with E-state index in [0.29, 0.717) is 5.69 Å². The Bertz CT molecular complexity index is 729. The average Bonchev–Trinajstić information content (AvgIpc) is 2.42. The fraction of sp³-hybridized carbons (Fsp3) is 0.0714. The highest BCUT2D eigenvalue weighted by atomic mass is 32.2. The van der Waals surface area contributed by atoms with Crippen molar-refractivity contribution in [3.63, 3.8) is 0 Å². The van der Waals surface area contributed by atoms with Gasteiger partial charge in [-0.3, -0.25) is 4.72 Å². The van der Waals surface area contributed by atoms with Crippen LogP contribution < -0.4 is 4.72 Å². The molecular formula is C14H12N2O3S. The van der Waals surface area contributed by atoms with Gasteiger partial charge in [0.1, 0.15) is 5.75 Å². The van der Waals surface area contributed by atoms with E-state index in [4.69, 9.17) is 10.4 Å². The lowest BCUT2D eigenvalue weighted by Crippen LogP contribution is -2.12. The summed E-state index contributed by atoms with van der Waals surface area (Å²) in [5.74, 6) is 0.0637. The Morgan fingerprint density at radius 2 is 1.65 bits per heavy atom. The first kappa shape index (κ1) is 13.9. The molecule has 2 rings (SSSR count). The summed E-state index contributed by atoms with van der Waals surface area (Å²) in [4.78, 5) is 0.118. The Balaban J connectivity index is 2.22. The Kier molecular flexibility index (Phi) is 3.91. The van der Waals surface area contributed by atoms with Gasteiger partial charge >= 0.3 is 0 Å². The molecule has 0 amide bonds. The molecule has 0 atom stereocenters. The molecule has 0 aliphatic rings. The highest BCUT2D eigenvalue weighted by Gasteiger charge is 2.13. The second-order valence-corrected chi connectivity index (χ2v) is 5.81. The van der Waals surface area contributed by atoms with Crippen LogP contribution in [-0.2, 0) is 16.4 Å². The number of aromatic hydroxyl groups is 1. The van der Waals surface area contributed by atoms with Crippen molar-refractivity contribution in [2.45, 2.75) is 11.3 Å². The van der Waals surface area contributed by atoms with Crippen LogP contribution in [0.5, 0.6) is 5.75 Å². The van der Waals surface area contributed by atoms with Crippen molar-refractivity contribution < 1.29 is 13.5 Å². The summed E-state index contributed by atoms with van der Waals surface area (Å²) in [5, 5.41) is 17.7. The number of nitrogens with zero attached hydrogens (tertiary/aromatic N) is 1. The monoisotopic (exact) mass is 288 g/mol. The van der Waals surface area contributed by atoms with Crippen molar-refractivity contribution in [3.8, 4) is 11.8 Å². The van der Waals surface area contributed by atoms with Crippen molar-refractivity contribution in [2.75, 3.05) is 4.72 Å². The van der Waals surface area contributed by atoms with Crippen molar-refractivity contribution >= 4 is 15.7 Å². The highest BCUT2D eigenvalue weighted by Crippen LogP contribution is 2.19. The van der Waals surface area contributed by atoms with Gasteiger partial charge in [-0.05, 0) is 42.0 Å². The van der Waals surface area contributed by atoms with E-state index in [1.807, 2.05) is 6.07 Å². The minimum Gasteiger partial charge on any atom is -0.508 e. The molecule has 5 nitrogen and oxygen atoms in total. The number of sulfonamides is 1. The van der Waals surface area contributed by atoms with Crippen LogP contribution in [0.2, 0.25) is 0 Å². The van der Waals surface area contributed by atoms with Crippen LogP contribution in [0.4, 0.5) is 5.69 Å². The summed E-state index contributed by atoms with van der Waals surface area (Å²) >= 11 is 0. The summed E-state index contributed by atoms with van der Waals surface area (Å²) < 4.78 is 26.6. The third-order valence-electron chi connectivity index (χ3n) is 2.64. The number of rotatable bonds is 4. The molecule has 2 aromatic carbocycles. The fourth-order valence-corrected chi connectivity index (χ4v) is 2.68. The molecule has 2 N–H and O–H groups in total. The second-order valence-electron chi connectivity index (χ2n) is 4.13. The topological polar surface area (TPSA) is 90.2 Å². The van der Waals surface area contributed by atoms with Gasteiger partial charge in [0.2, 0.25) is 0 Å². The van der Waals surface area contributed by atoms with Gasteiger partial charge in [-0.2, -0.15) is 5.26 Å². The molecule has 0 bridgehead atoms. The zero-order valence-corrected chi connectivity index (χ0v) is 11.3. The van der Waals surface area contributed by atoms with E-state index in [-0.39, 0.29) is 17.1 Å². The maximum absolute atomic E-state index is 12.1. The molecule has 2 aromatic rings. The average molecular weight is 288 g/mol. The summed E-state index contributed by atoms with van der Waals surface area (Å²) in [6.45, 7) is 0. The van der Waals surface area contributed by atoms with Crippen molar-refractivity contribution in [1.82, 2.24) is 0 Å². The number of phenols is 1. The zero-order chi connectivity index (χ0) is 14.6. The lowest BCUT2D eigenvalue weighted by Gasteiger charge is -2.08.